The van der Waals surface area contributed by atoms with Gasteiger partial charge in [0, 0.05) is 12.6 Å². The molecule has 0 amide bonds. The van der Waals surface area contributed by atoms with Crippen molar-refractivity contribution in [2.75, 3.05) is 19.7 Å². The number of aliphatic hydroxyl groups excluding tert-OH is 1. The van der Waals surface area contributed by atoms with Gasteiger partial charge in [0.2, 0.25) is 0 Å². The molecular formula is C13H27NO3. The highest BCUT2D eigenvalue weighted by Crippen LogP contribution is 2.26. The van der Waals surface area contributed by atoms with E-state index in [0.29, 0.717) is 13.2 Å². The van der Waals surface area contributed by atoms with E-state index in [2.05, 4.69) is 4.90 Å². The van der Waals surface area contributed by atoms with Crippen molar-refractivity contribution in [2.24, 2.45) is 0 Å². The van der Waals surface area contributed by atoms with Crippen molar-refractivity contribution in [3.05, 3.63) is 0 Å². The number of β-amino-alcohol motifs (C(OH)–C–C–N with tert-alkyl or cyclic N) is 1. The summed E-state index contributed by atoms with van der Waals surface area (Å²) in [6.45, 7) is 9.51. The molecule has 1 aliphatic rings. The second-order valence-electron chi connectivity index (χ2n) is 5.84. The molecule has 102 valence electrons. The topological polar surface area (TPSA) is 52.9 Å². The summed E-state index contributed by atoms with van der Waals surface area (Å²) in [5.74, 6) is 0. The molecule has 2 atom stereocenters. The SMILES string of the molecule is CC(C)OCC(O)CN1CCCC1C(C)(C)O. The molecule has 0 aromatic carbocycles. The van der Waals surface area contributed by atoms with E-state index in [0.717, 1.165) is 19.4 Å². The van der Waals surface area contributed by atoms with Crippen molar-refractivity contribution < 1.29 is 14.9 Å². The fraction of sp³-hybridized carbons (Fsp3) is 1.00. The summed E-state index contributed by atoms with van der Waals surface area (Å²) in [5.41, 5.74) is -0.699. The summed E-state index contributed by atoms with van der Waals surface area (Å²) in [7, 11) is 0. The van der Waals surface area contributed by atoms with Crippen molar-refractivity contribution in [2.45, 2.75) is 64.4 Å². The molecule has 2 N–H and O–H groups in total. The number of aliphatic hydroxyl groups is 2. The Morgan fingerprint density at radius 3 is 2.59 bits per heavy atom. The summed E-state index contributed by atoms with van der Waals surface area (Å²) in [6.07, 6.45) is 1.77. The molecule has 1 saturated heterocycles. The van der Waals surface area contributed by atoms with Crippen molar-refractivity contribution in [1.82, 2.24) is 4.90 Å². The first-order valence-electron chi connectivity index (χ1n) is 6.56. The Labute approximate surface area is 105 Å². The van der Waals surface area contributed by atoms with Crippen molar-refractivity contribution in [3.8, 4) is 0 Å². The van der Waals surface area contributed by atoms with Gasteiger partial charge in [0.05, 0.1) is 24.4 Å². The second-order valence-corrected chi connectivity index (χ2v) is 5.84. The van der Waals surface area contributed by atoms with Crippen LogP contribution in [0.4, 0.5) is 0 Å². The standard InChI is InChI=1S/C13H27NO3/c1-10(2)17-9-11(15)8-14-7-5-6-12(14)13(3,4)16/h10-12,15-16H,5-9H2,1-4H3. The number of likely N-dealkylation sites (tertiary alicyclic amines) is 1. The molecule has 0 radical (unpaired) electrons. The first-order chi connectivity index (χ1) is 7.80. The fourth-order valence-corrected chi connectivity index (χ4v) is 2.47. The molecule has 2 unspecified atom stereocenters. The van der Waals surface area contributed by atoms with E-state index in [4.69, 9.17) is 4.74 Å². The van der Waals surface area contributed by atoms with Crippen LogP contribution in [-0.4, -0.2) is 58.7 Å². The summed E-state index contributed by atoms with van der Waals surface area (Å²) in [4.78, 5) is 2.17. The molecular weight excluding hydrogens is 218 g/mol. The number of nitrogens with zero attached hydrogens (tertiary/aromatic N) is 1. The van der Waals surface area contributed by atoms with Crippen LogP contribution in [0.1, 0.15) is 40.5 Å². The Hall–Kier alpha value is -0.160. The maximum Gasteiger partial charge on any atom is 0.0900 e. The Morgan fingerprint density at radius 1 is 1.41 bits per heavy atom. The van der Waals surface area contributed by atoms with Gasteiger partial charge in [-0.05, 0) is 47.1 Å². The maximum atomic E-state index is 10.1. The van der Waals surface area contributed by atoms with Crippen LogP contribution in [0, 0.1) is 0 Å². The van der Waals surface area contributed by atoms with Gasteiger partial charge in [0.15, 0.2) is 0 Å². The van der Waals surface area contributed by atoms with Gasteiger partial charge >= 0.3 is 0 Å². The molecule has 0 aliphatic carbocycles. The van der Waals surface area contributed by atoms with Gasteiger partial charge in [-0.3, -0.25) is 4.90 Å². The molecule has 4 nitrogen and oxygen atoms in total. The predicted molar refractivity (Wildman–Crippen MR) is 68.0 cm³/mol. The largest absolute Gasteiger partial charge is 0.389 e. The lowest BCUT2D eigenvalue weighted by Gasteiger charge is -2.34. The van der Waals surface area contributed by atoms with E-state index >= 15 is 0 Å². The zero-order valence-electron chi connectivity index (χ0n) is 11.5. The van der Waals surface area contributed by atoms with Crippen LogP contribution >= 0.6 is 0 Å². The van der Waals surface area contributed by atoms with Crippen LogP contribution in [0.3, 0.4) is 0 Å². The van der Waals surface area contributed by atoms with Gasteiger partial charge in [-0.15, -0.1) is 0 Å². The van der Waals surface area contributed by atoms with Crippen LogP contribution in [-0.2, 0) is 4.74 Å². The predicted octanol–water partition coefficient (Wildman–Crippen LogP) is 1.01. The Bertz CT molecular complexity index is 225. The summed E-state index contributed by atoms with van der Waals surface area (Å²) >= 11 is 0. The molecule has 1 fully saturated rings. The second kappa shape index (κ2) is 6.14. The van der Waals surface area contributed by atoms with E-state index in [1.165, 1.54) is 0 Å². The lowest BCUT2D eigenvalue weighted by Crippen LogP contribution is -2.48. The van der Waals surface area contributed by atoms with Crippen LogP contribution in [0.25, 0.3) is 0 Å². The molecule has 4 heteroatoms. The van der Waals surface area contributed by atoms with E-state index in [1.54, 1.807) is 0 Å². The zero-order chi connectivity index (χ0) is 13.1. The van der Waals surface area contributed by atoms with E-state index < -0.39 is 11.7 Å². The first-order valence-corrected chi connectivity index (χ1v) is 6.56. The van der Waals surface area contributed by atoms with Crippen LogP contribution in [0.5, 0.6) is 0 Å². The lowest BCUT2D eigenvalue weighted by molar-refractivity contribution is -0.0395. The van der Waals surface area contributed by atoms with Crippen molar-refractivity contribution in [1.29, 1.82) is 0 Å². The number of hydrogen-bond acceptors (Lipinski definition) is 4. The third-order valence-electron chi connectivity index (χ3n) is 3.25. The maximum absolute atomic E-state index is 10.1. The Morgan fingerprint density at radius 2 is 2.06 bits per heavy atom. The number of ether oxygens (including phenoxy) is 1. The molecule has 0 aromatic rings. The molecule has 1 heterocycles. The molecule has 0 spiro atoms. The van der Waals surface area contributed by atoms with Gasteiger partial charge in [-0.2, -0.15) is 0 Å². The van der Waals surface area contributed by atoms with Gasteiger partial charge < -0.3 is 14.9 Å². The first kappa shape index (κ1) is 14.9. The highest BCUT2D eigenvalue weighted by molar-refractivity contribution is 4.91. The van der Waals surface area contributed by atoms with Crippen LogP contribution < -0.4 is 0 Å². The number of hydrogen-bond donors (Lipinski definition) is 2. The normalized spacial score (nSPS) is 24.5. The highest BCUT2D eigenvalue weighted by atomic mass is 16.5. The van der Waals surface area contributed by atoms with Gasteiger partial charge in [-0.25, -0.2) is 0 Å². The minimum Gasteiger partial charge on any atom is -0.389 e. The Balaban J connectivity index is 2.39. The summed E-state index contributed by atoms with van der Waals surface area (Å²) in [6, 6.07) is 0.149. The van der Waals surface area contributed by atoms with E-state index in [9.17, 15) is 10.2 Å². The summed E-state index contributed by atoms with van der Waals surface area (Å²) < 4.78 is 5.40. The van der Waals surface area contributed by atoms with Crippen LogP contribution in [0.15, 0.2) is 0 Å². The van der Waals surface area contributed by atoms with E-state index in [-0.39, 0.29) is 12.1 Å². The summed E-state index contributed by atoms with van der Waals surface area (Å²) in [5, 5.41) is 20.0. The van der Waals surface area contributed by atoms with Crippen molar-refractivity contribution in [3.63, 3.8) is 0 Å². The minimum atomic E-state index is -0.699. The minimum absolute atomic E-state index is 0.147. The lowest BCUT2D eigenvalue weighted by atomic mass is 9.96. The fourth-order valence-electron chi connectivity index (χ4n) is 2.47. The molecule has 0 aromatic heterocycles. The smallest absolute Gasteiger partial charge is 0.0900 e. The quantitative estimate of drug-likeness (QED) is 0.733. The van der Waals surface area contributed by atoms with Gasteiger partial charge in [0.1, 0.15) is 0 Å². The third-order valence-corrected chi connectivity index (χ3v) is 3.25. The molecule has 1 aliphatic heterocycles. The number of rotatable bonds is 6. The Kier molecular flexibility index (Phi) is 5.38. The van der Waals surface area contributed by atoms with Crippen LogP contribution in [0.2, 0.25) is 0 Å². The van der Waals surface area contributed by atoms with E-state index in [1.807, 2.05) is 27.7 Å². The molecule has 0 bridgehead atoms. The molecule has 17 heavy (non-hydrogen) atoms. The average Bonchev–Trinajstić information content (AvgIpc) is 2.62. The molecule has 1 rings (SSSR count). The average molecular weight is 245 g/mol. The highest BCUT2D eigenvalue weighted by Gasteiger charge is 2.36. The molecule has 0 saturated carbocycles. The third kappa shape index (κ3) is 4.92. The van der Waals surface area contributed by atoms with Crippen molar-refractivity contribution >= 4 is 0 Å². The monoisotopic (exact) mass is 245 g/mol. The zero-order valence-corrected chi connectivity index (χ0v) is 11.5. The van der Waals surface area contributed by atoms with Gasteiger partial charge in [0.25, 0.3) is 0 Å². The van der Waals surface area contributed by atoms with Gasteiger partial charge in [-0.1, -0.05) is 0 Å².